The standard InChI is InChI=1S/C12H16N2O3S/c15-6-9(16)5-13-4-8-1-2-11-10(3-8)14-12(17)7-18-11/h1-3,9,13,15-16H,4-7H2,(H,14,17). The summed E-state index contributed by atoms with van der Waals surface area (Å²) in [4.78, 5) is 12.3. The minimum absolute atomic E-state index is 0.0216. The second-order valence-electron chi connectivity index (χ2n) is 4.13. The Labute approximate surface area is 110 Å². The molecule has 0 bridgehead atoms. The molecule has 1 atom stereocenters. The van der Waals surface area contributed by atoms with E-state index >= 15 is 0 Å². The third-order valence-electron chi connectivity index (χ3n) is 2.60. The van der Waals surface area contributed by atoms with Gasteiger partial charge in [-0.05, 0) is 17.7 Å². The Morgan fingerprint density at radius 2 is 2.33 bits per heavy atom. The van der Waals surface area contributed by atoms with Gasteiger partial charge in [-0.1, -0.05) is 6.07 Å². The van der Waals surface area contributed by atoms with Crippen LogP contribution < -0.4 is 10.6 Å². The van der Waals surface area contributed by atoms with Crippen LogP contribution in [0.3, 0.4) is 0 Å². The predicted molar refractivity (Wildman–Crippen MR) is 70.6 cm³/mol. The second kappa shape index (κ2) is 6.19. The molecule has 0 aliphatic carbocycles. The molecule has 2 rings (SSSR count). The van der Waals surface area contributed by atoms with Gasteiger partial charge in [0.05, 0.1) is 24.2 Å². The lowest BCUT2D eigenvalue weighted by Gasteiger charge is -2.17. The van der Waals surface area contributed by atoms with E-state index in [1.54, 1.807) is 0 Å². The van der Waals surface area contributed by atoms with Gasteiger partial charge in [0.15, 0.2) is 0 Å². The molecule has 1 unspecified atom stereocenters. The lowest BCUT2D eigenvalue weighted by Crippen LogP contribution is -2.29. The summed E-state index contributed by atoms with van der Waals surface area (Å²) < 4.78 is 0. The van der Waals surface area contributed by atoms with Crippen molar-refractivity contribution < 1.29 is 15.0 Å². The highest BCUT2D eigenvalue weighted by atomic mass is 32.2. The molecule has 0 radical (unpaired) electrons. The number of aliphatic hydroxyl groups is 2. The third-order valence-corrected chi connectivity index (χ3v) is 3.67. The molecule has 0 saturated carbocycles. The molecule has 98 valence electrons. The van der Waals surface area contributed by atoms with Crippen molar-refractivity contribution in [3.8, 4) is 0 Å². The van der Waals surface area contributed by atoms with Crippen molar-refractivity contribution in [2.45, 2.75) is 17.5 Å². The molecule has 4 N–H and O–H groups in total. The highest BCUT2D eigenvalue weighted by molar-refractivity contribution is 8.00. The fourth-order valence-electron chi connectivity index (χ4n) is 1.69. The molecule has 0 spiro atoms. The lowest BCUT2D eigenvalue weighted by atomic mass is 10.2. The Hall–Kier alpha value is -1.08. The summed E-state index contributed by atoms with van der Waals surface area (Å²) in [5.74, 6) is 0.487. The zero-order valence-electron chi connectivity index (χ0n) is 9.85. The summed E-state index contributed by atoms with van der Waals surface area (Å²) in [7, 11) is 0. The fourth-order valence-corrected chi connectivity index (χ4v) is 2.48. The number of carbonyl (C=O) groups is 1. The number of benzene rings is 1. The van der Waals surface area contributed by atoms with E-state index in [4.69, 9.17) is 5.11 Å². The molecule has 1 aliphatic heterocycles. The van der Waals surface area contributed by atoms with Crippen molar-refractivity contribution in [3.63, 3.8) is 0 Å². The van der Waals surface area contributed by atoms with Crippen molar-refractivity contribution in [3.05, 3.63) is 23.8 Å². The SMILES string of the molecule is O=C1CSc2ccc(CNCC(O)CO)cc2N1. The van der Waals surface area contributed by atoms with Crippen molar-refractivity contribution in [1.29, 1.82) is 0 Å². The molecule has 1 amide bonds. The van der Waals surface area contributed by atoms with Gasteiger partial charge in [0.2, 0.25) is 5.91 Å². The average Bonchev–Trinajstić information content (AvgIpc) is 2.38. The van der Waals surface area contributed by atoms with E-state index in [9.17, 15) is 9.90 Å². The van der Waals surface area contributed by atoms with Gasteiger partial charge < -0.3 is 20.8 Å². The van der Waals surface area contributed by atoms with E-state index < -0.39 is 6.10 Å². The van der Waals surface area contributed by atoms with Crippen LogP contribution in [0.4, 0.5) is 5.69 Å². The molecule has 1 aromatic carbocycles. The van der Waals surface area contributed by atoms with Gasteiger partial charge in [0, 0.05) is 18.0 Å². The number of nitrogens with one attached hydrogen (secondary N) is 2. The maximum Gasteiger partial charge on any atom is 0.234 e. The molecule has 1 heterocycles. The van der Waals surface area contributed by atoms with E-state index in [-0.39, 0.29) is 12.5 Å². The molecule has 0 aromatic heterocycles. The Balaban J connectivity index is 1.94. The van der Waals surface area contributed by atoms with Gasteiger partial charge in [-0.2, -0.15) is 0 Å². The van der Waals surface area contributed by atoms with Gasteiger partial charge in [0.25, 0.3) is 0 Å². The first-order valence-electron chi connectivity index (χ1n) is 5.74. The number of amides is 1. The summed E-state index contributed by atoms with van der Waals surface area (Å²) in [6.45, 7) is 0.684. The van der Waals surface area contributed by atoms with Gasteiger partial charge in [-0.25, -0.2) is 0 Å². The third kappa shape index (κ3) is 3.46. The number of hydrogen-bond donors (Lipinski definition) is 4. The van der Waals surface area contributed by atoms with Crippen molar-refractivity contribution in [2.24, 2.45) is 0 Å². The van der Waals surface area contributed by atoms with E-state index in [0.29, 0.717) is 18.8 Å². The maximum absolute atomic E-state index is 11.3. The Morgan fingerprint density at radius 1 is 1.50 bits per heavy atom. The largest absolute Gasteiger partial charge is 0.394 e. The molecular weight excluding hydrogens is 252 g/mol. The van der Waals surface area contributed by atoms with Crippen LogP contribution in [0.2, 0.25) is 0 Å². The Bertz CT molecular complexity index is 439. The van der Waals surface area contributed by atoms with Crippen LogP contribution >= 0.6 is 11.8 Å². The predicted octanol–water partition coefficient (Wildman–Crippen LogP) is 0.174. The van der Waals surface area contributed by atoms with Crippen LogP contribution in [0.1, 0.15) is 5.56 Å². The van der Waals surface area contributed by atoms with Crippen LogP contribution in [0.25, 0.3) is 0 Å². The molecule has 0 saturated heterocycles. The van der Waals surface area contributed by atoms with Crippen LogP contribution in [-0.4, -0.2) is 41.1 Å². The number of carbonyl (C=O) groups excluding carboxylic acids is 1. The summed E-state index contributed by atoms with van der Waals surface area (Å²) >= 11 is 1.53. The van der Waals surface area contributed by atoms with Crippen molar-refractivity contribution in [2.75, 3.05) is 24.2 Å². The van der Waals surface area contributed by atoms with Gasteiger partial charge in [-0.15, -0.1) is 11.8 Å². The van der Waals surface area contributed by atoms with Crippen molar-refractivity contribution >= 4 is 23.4 Å². The zero-order valence-corrected chi connectivity index (χ0v) is 10.7. The molecule has 6 heteroatoms. The number of hydrogen-bond acceptors (Lipinski definition) is 5. The van der Waals surface area contributed by atoms with Crippen LogP contribution in [0.15, 0.2) is 23.1 Å². The van der Waals surface area contributed by atoms with Gasteiger partial charge in [0.1, 0.15) is 0 Å². The summed E-state index contributed by atoms with van der Waals surface area (Å²) in [5, 5.41) is 23.7. The maximum atomic E-state index is 11.3. The number of anilines is 1. The first-order chi connectivity index (χ1) is 8.69. The number of thioether (sulfide) groups is 1. The number of fused-ring (bicyclic) bond motifs is 1. The molecule has 1 aromatic rings. The molecule has 5 nitrogen and oxygen atoms in total. The first kappa shape index (κ1) is 13.4. The van der Waals surface area contributed by atoms with Gasteiger partial charge in [-0.3, -0.25) is 4.79 Å². The van der Waals surface area contributed by atoms with Crippen molar-refractivity contribution in [1.82, 2.24) is 5.32 Å². The highest BCUT2D eigenvalue weighted by Gasteiger charge is 2.15. The van der Waals surface area contributed by atoms with Gasteiger partial charge >= 0.3 is 0 Å². The molecular formula is C12H16N2O3S. The quantitative estimate of drug-likeness (QED) is 0.612. The Morgan fingerprint density at radius 3 is 3.11 bits per heavy atom. The summed E-state index contributed by atoms with van der Waals surface area (Å²) in [6.07, 6.45) is -0.738. The highest BCUT2D eigenvalue weighted by Crippen LogP contribution is 2.31. The lowest BCUT2D eigenvalue weighted by molar-refractivity contribution is -0.113. The van der Waals surface area contributed by atoms with E-state index in [1.807, 2.05) is 18.2 Å². The molecule has 18 heavy (non-hydrogen) atoms. The summed E-state index contributed by atoms with van der Waals surface area (Å²) in [5.41, 5.74) is 1.87. The fraction of sp³-hybridized carbons (Fsp3) is 0.417. The van der Waals surface area contributed by atoms with Crippen LogP contribution in [-0.2, 0) is 11.3 Å². The molecule has 1 aliphatic rings. The average molecular weight is 268 g/mol. The van der Waals surface area contributed by atoms with E-state index in [1.165, 1.54) is 11.8 Å². The zero-order chi connectivity index (χ0) is 13.0. The smallest absolute Gasteiger partial charge is 0.234 e. The Kier molecular flexibility index (Phi) is 4.60. The first-order valence-corrected chi connectivity index (χ1v) is 6.73. The monoisotopic (exact) mass is 268 g/mol. The van der Waals surface area contributed by atoms with Crippen LogP contribution in [0.5, 0.6) is 0 Å². The minimum Gasteiger partial charge on any atom is -0.394 e. The van der Waals surface area contributed by atoms with E-state index in [2.05, 4.69) is 10.6 Å². The van der Waals surface area contributed by atoms with Crippen LogP contribution in [0, 0.1) is 0 Å². The van der Waals surface area contributed by atoms with E-state index in [0.717, 1.165) is 16.1 Å². The normalized spacial score (nSPS) is 16.0. The summed E-state index contributed by atoms with van der Waals surface area (Å²) in [6, 6.07) is 5.90. The molecule has 0 fully saturated rings. The minimum atomic E-state index is -0.738. The number of aliphatic hydroxyl groups excluding tert-OH is 2. The second-order valence-corrected chi connectivity index (χ2v) is 5.15. The topological polar surface area (TPSA) is 81.6 Å². The number of rotatable bonds is 5.